The minimum atomic E-state index is -3.64. The molecule has 1 saturated heterocycles. The largest absolute Gasteiger partial charge is 0.337 e. The molecule has 1 unspecified atom stereocenters. The summed E-state index contributed by atoms with van der Waals surface area (Å²) in [7, 11) is -1.75. The van der Waals surface area contributed by atoms with Crippen molar-refractivity contribution < 1.29 is 8.42 Å². The Kier molecular flexibility index (Phi) is 3.93. The van der Waals surface area contributed by atoms with E-state index in [4.69, 9.17) is 0 Å². The molecule has 0 aliphatic carbocycles. The third-order valence-corrected chi connectivity index (χ3v) is 6.59. The van der Waals surface area contributed by atoms with Gasteiger partial charge in [0, 0.05) is 58.2 Å². The lowest BCUT2D eigenvalue weighted by molar-refractivity contribution is 0.257. The molecule has 8 nitrogen and oxygen atoms in total. The molecular weight excluding hydrogens is 328 g/mol. The lowest BCUT2D eigenvalue weighted by Gasteiger charge is -2.34. The average molecular weight is 350 g/mol. The molecule has 1 fully saturated rings. The van der Waals surface area contributed by atoms with Crippen LogP contribution in [0.3, 0.4) is 0 Å². The number of aromatic nitrogens is 4. The van der Waals surface area contributed by atoms with E-state index in [-0.39, 0.29) is 11.1 Å². The van der Waals surface area contributed by atoms with Crippen molar-refractivity contribution in [1.29, 1.82) is 0 Å². The Morgan fingerprint density at radius 2 is 2.17 bits per heavy atom. The van der Waals surface area contributed by atoms with Crippen LogP contribution in [0.1, 0.15) is 30.5 Å². The van der Waals surface area contributed by atoms with Crippen molar-refractivity contribution in [3.63, 3.8) is 0 Å². The standard InChI is InChI=1S/C15H22N6O2S/c1-19-8-6-17-15(19)12-10-16-5-9-21(12)24(22,23)14-11-20-7-3-2-4-13(20)18-14/h6,8,11-12,16H,2-5,7,9-10H2,1H3. The molecule has 0 bridgehead atoms. The van der Waals surface area contributed by atoms with Gasteiger partial charge < -0.3 is 14.5 Å². The summed E-state index contributed by atoms with van der Waals surface area (Å²) in [5.41, 5.74) is 0. The van der Waals surface area contributed by atoms with Crippen LogP contribution in [-0.4, -0.2) is 51.5 Å². The predicted octanol–water partition coefficient (Wildman–Crippen LogP) is 0.288. The summed E-state index contributed by atoms with van der Waals surface area (Å²) < 4.78 is 31.8. The van der Waals surface area contributed by atoms with Gasteiger partial charge in [0.05, 0.1) is 6.04 Å². The molecule has 0 radical (unpaired) electrons. The van der Waals surface area contributed by atoms with Crippen LogP contribution in [0.25, 0.3) is 0 Å². The Morgan fingerprint density at radius 1 is 1.29 bits per heavy atom. The first kappa shape index (κ1) is 15.8. The summed E-state index contributed by atoms with van der Waals surface area (Å²) >= 11 is 0. The molecule has 2 aromatic rings. The van der Waals surface area contributed by atoms with Crippen molar-refractivity contribution in [2.75, 3.05) is 19.6 Å². The number of hydrogen-bond donors (Lipinski definition) is 1. The highest BCUT2D eigenvalue weighted by Crippen LogP contribution is 2.28. The summed E-state index contributed by atoms with van der Waals surface area (Å²) in [5.74, 6) is 1.62. The fourth-order valence-electron chi connectivity index (χ4n) is 3.52. The van der Waals surface area contributed by atoms with Gasteiger partial charge in [-0.05, 0) is 12.8 Å². The fourth-order valence-corrected chi connectivity index (χ4v) is 5.08. The van der Waals surface area contributed by atoms with E-state index in [0.29, 0.717) is 19.6 Å². The number of imidazole rings is 2. The van der Waals surface area contributed by atoms with Crippen molar-refractivity contribution in [3.05, 3.63) is 30.2 Å². The van der Waals surface area contributed by atoms with Crippen LogP contribution in [0.2, 0.25) is 0 Å². The molecular formula is C15H22N6O2S. The quantitative estimate of drug-likeness (QED) is 0.860. The van der Waals surface area contributed by atoms with E-state index in [0.717, 1.165) is 37.5 Å². The smallest absolute Gasteiger partial charge is 0.262 e. The second-order valence-electron chi connectivity index (χ2n) is 6.38. The summed E-state index contributed by atoms with van der Waals surface area (Å²) in [5, 5.41) is 3.43. The molecule has 0 saturated carbocycles. The van der Waals surface area contributed by atoms with Crippen molar-refractivity contribution in [1.82, 2.24) is 28.7 Å². The zero-order valence-electron chi connectivity index (χ0n) is 13.7. The fraction of sp³-hybridized carbons (Fsp3) is 0.600. The van der Waals surface area contributed by atoms with Crippen LogP contribution in [0.15, 0.2) is 23.6 Å². The molecule has 4 heterocycles. The molecule has 4 rings (SSSR count). The van der Waals surface area contributed by atoms with Crippen LogP contribution in [-0.2, 0) is 30.0 Å². The molecule has 130 valence electrons. The van der Waals surface area contributed by atoms with Gasteiger partial charge in [-0.2, -0.15) is 4.31 Å². The Bertz CT molecular complexity index is 817. The minimum absolute atomic E-state index is 0.167. The molecule has 0 aromatic carbocycles. The molecule has 2 aliphatic rings. The first-order chi connectivity index (χ1) is 11.6. The monoisotopic (exact) mass is 350 g/mol. The van der Waals surface area contributed by atoms with Crippen LogP contribution in [0, 0.1) is 0 Å². The van der Waals surface area contributed by atoms with Crippen molar-refractivity contribution in [2.45, 2.75) is 36.9 Å². The molecule has 2 aromatic heterocycles. The van der Waals surface area contributed by atoms with Gasteiger partial charge >= 0.3 is 0 Å². The second-order valence-corrected chi connectivity index (χ2v) is 8.22. The van der Waals surface area contributed by atoms with E-state index in [1.165, 1.54) is 0 Å². The first-order valence-corrected chi connectivity index (χ1v) is 9.77. The Labute approximate surface area is 141 Å². The van der Waals surface area contributed by atoms with Crippen molar-refractivity contribution >= 4 is 10.0 Å². The molecule has 1 atom stereocenters. The number of fused-ring (bicyclic) bond motifs is 1. The van der Waals surface area contributed by atoms with Crippen molar-refractivity contribution in [3.8, 4) is 0 Å². The molecule has 9 heteroatoms. The number of nitrogens with zero attached hydrogens (tertiary/aromatic N) is 5. The van der Waals surface area contributed by atoms with Gasteiger partial charge in [0.1, 0.15) is 11.6 Å². The Balaban J connectivity index is 1.71. The van der Waals surface area contributed by atoms with Crippen LogP contribution < -0.4 is 5.32 Å². The van der Waals surface area contributed by atoms with Crippen LogP contribution in [0.5, 0.6) is 0 Å². The molecule has 0 amide bonds. The molecule has 1 N–H and O–H groups in total. The zero-order valence-corrected chi connectivity index (χ0v) is 14.5. The minimum Gasteiger partial charge on any atom is -0.337 e. The number of rotatable bonds is 3. The van der Waals surface area contributed by atoms with Gasteiger partial charge in [0.25, 0.3) is 10.0 Å². The number of hydrogen-bond acceptors (Lipinski definition) is 5. The van der Waals surface area contributed by atoms with Gasteiger partial charge in [-0.3, -0.25) is 0 Å². The van der Waals surface area contributed by atoms with E-state index >= 15 is 0 Å². The lowest BCUT2D eigenvalue weighted by atomic mass is 10.2. The topological polar surface area (TPSA) is 85.0 Å². The van der Waals surface area contributed by atoms with Gasteiger partial charge in [0.15, 0.2) is 5.03 Å². The normalized spacial score (nSPS) is 22.5. The summed E-state index contributed by atoms with van der Waals surface area (Å²) in [6.45, 7) is 2.45. The Morgan fingerprint density at radius 3 is 2.92 bits per heavy atom. The highest BCUT2D eigenvalue weighted by Gasteiger charge is 2.38. The van der Waals surface area contributed by atoms with Gasteiger partial charge in [-0.15, -0.1) is 0 Å². The summed E-state index contributed by atoms with van der Waals surface area (Å²) in [6.07, 6.45) is 8.22. The maximum absolute atomic E-state index is 13.2. The number of piperazine rings is 1. The van der Waals surface area contributed by atoms with E-state index in [2.05, 4.69) is 15.3 Å². The van der Waals surface area contributed by atoms with Gasteiger partial charge in [-0.1, -0.05) is 0 Å². The van der Waals surface area contributed by atoms with Gasteiger partial charge in [-0.25, -0.2) is 18.4 Å². The summed E-state index contributed by atoms with van der Waals surface area (Å²) in [4.78, 5) is 8.77. The number of aryl methyl sites for hydroxylation is 3. The third kappa shape index (κ3) is 2.56. The SMILES string of the molecule is Cn1ccnc1C1CNCCN1S(=O)(=O)c1cn2c(n1)CCCC2. The second kappa shape index (κ2) is 5.98. The molecule has 2 aliphatic heterocycles. The summed E-state index contributed by atoms with van der Waals surface area (Å²) in [6, 6.07) is -0.317. The predicted molar refractivity (Wildman–Crippen MR) is 87.9 cm³/mol. The van der Waals surface area contributed by atoms with E-state index in [1.807, 2.05) is 22.4 Å². The van der Waals surface area contributed by atoms with E-state index in [9.17, 15) is 8.42 Å². The van der Waals surface area contributed by atoms with E-state index < -0.39 is 10.0 Å². The van der Waals surface area contributed by atoms with Crippen LogP contribution in [0.4, 0.5) is 0 Å². The lowest BCUT2D eigenvalue weighted by Crippen LogP contribution is -2.49. The van der Waals surface area contributed by atoms with E-state index in [1.54, 1.807) is 16.7 Å². The first-order valence-electron chi connectivity index (χ1n) is 8.33. The van der Waals surface area contributed by atoms with Crippen molar-refractivity contribution in [2.24, 2.45) is 7.05 Å². The number of sulfonamides is 1. The maximum atomic E-state index is 13.2. The zero-order chi connectivity index (χ0) is 16.7. The maximum Gasteiger partial charge on any atom is 0.262 e. The molecule has 24 heavy (non-hydrogen) atoms. The highest BCUT2D eigenvalue weighted by atomic mass is 32.2. The highest BCUT2D eigenvalue weighted by molar-refractivity contribution is 7.89. The third-order valence-electron chi connectivity index (χ3n) is 4.81. The molecule has 0 spiro atoms. The Hall–Kier alpha value is -1.71. The van der Waals surface area contributed by atoms with Gasteiger partial charge in [0.2, 0.25) is 0 Å². The average Bonchev–Trinajstić information content (AvgIpc) is 3.21. The number of nitrogens with one attached hydrogen (secondary N) is 1. The van der Waals surface area contributed by atoms with Crippen LogP contribution >= 0.6 is 0 Å².